The molecular weight excluding hydrogens is 394 g/mol. The van der Waals surface area contributed by atoms with Gasteiger partial charge in [-0.3, -0.25) is 10.2 Å². The van der Waals surface area contributed by atoms with Gasteiger partial charge in [-0.05, 0) is 43.3 Å². The summed E-state index contributed by atoms with van der Waals surface area (Å²) in [5.74, 6) is -2.92. The van der Waals surface area contributed by atoms with Crippen molar-refractivity contribution in [3.05, 3.63) is 53.5 Å². The van der Waals surface area contributed by atoms with Crippen LogP contribution in [0.3, 0.4) is 0 Å². The van der Waals surface area contributed by atoms with Crippen molar-refractivity contribution in [2.75, 3.05) is 0 Å². The van der Waals surface area contributed by atoms with E-state index in [4.69, 9.17) is 25.4 Å². The van der Waals surface area contributed by atoms with Crippen LogP contribution >= 0.6 is 0 Å². The van der Waals surface area contributed by atoms with Gasteiger partial charge in [-0.15, -0.1) is 0 Å². The first-order chi connectivity index (χ1) is 14.1. The molecule has 0 aliphatic rings. The van der Waals surface area contributed by atoms with Gasteiger partial charge < -0.3 is 30.4 Å². The van der Waals surface area contributed by atoms with Crippen molar-refractivity contribution < 1.29 is 33.8 Å². The number of ether oxygens (including phenoxy) is 1. The number of amidine groups is 1. The van der Waals surface area contributed by atoms with Gasteiger partial charge >= 0.3 is 11.9 Å². The lowest BCUT2D eigenvalue weighted by Crippen LogP contribution is -2.49. The Morgan fingerprint density at radius 3 is 2.33 bits per heavy atom. The second-order valence-electron chi connectivity index (χ2n) is 6.76. The molecular formula is C20H23N3O7. The highest BCUT2D eigenvalue weighted by atomic mass is 16.5. The molecule has 10 nitrogen and oxygen atoms in total. The van der Waals surface area contributed by atoms with Crippen LogP contribution in [0.2, 0.25) is 0 Å². The number of aliphatic hydroxyl groups is 1. The van der Waals surface area contributed by atoms with Crippen molar-refractivity contribution in [2.45, 2.75) is 32.4 Å². The molecule has 0 bridgehead atoms. The average Bonchev–Trinajstić information content (AvgIpc) is 3.14. The van der Waals surface area contributed by atoms with Crippen molar-refractivity contribution >= 4 is 23.7 Å². The fourth-order valence-electron chi connectivity index (χ4n) is 2.54. The molecule has 2 rings (SSSR count). The summed E-state index contributed by atoms with van der Waals surface area (Å²) in [5.41, 5.74) is 5.86. The Morgan fingerprint density at radius 1 is 1.17 bits per heavy atom. The van der Waals surface area contributed by atoms with Crippen LogP contribution in [0.15, 0.2) is 40.8 Å². The minimum Gasteiger partial charge on any atom is -0.480 e. The van der Waals surface area contributed by atoms with Crippen LogP contribution in [0.5, 0.6) is 5.75 Å². The number of furan rings is 1. The molecule has 1 unspecified atom stereocenters. The third-order valence-corrected chi connectivity index (χ3v) is 4.24. The molecule has 1 aromatic carbocycles. The predicted octanol–water partition coefficient (Wildman–Crippen LogP) is 0.912. The molecule has 1 heterocycles. The van der Waals surface area contributed by atoms with E-state index in [1.807, 2.05) is 0 Å². The minimum absolute atomic E-state index is 0.0688. The highest BCUT2D eigenvalue weighted by molar-refractivity contribution is 5.95. The number of nitrogens with one attached hydrogen (secondary N) is 2. The van der Waals surface area contributed by atoms with Gasteiger partial charge in [-0.1, -0.05) is 6.92 Å². The molecule has 30 heavy (non-hydrogen) atoms. The highest BCUT2D eigenvalue weighted by Gasteiger charge is 2.27. The zero-order chi connectivity index (χ0) is 22.4. The fourth-order valence-corrected chi connectivity index (χ4v) is 2.54. The third kappa shape index (κ3) is 5.92. The van der Waals surface area contributed by atoms with Crippen molar-refractivity contribution in [1.29, 1.82) is 5.41 Å². The molecule has 1 amide bonds. The van der Waals surface area contributed by atoms with E-state index in [2.05, 4.69) is 5.32 Å². The molecule has 2 aromatic rings. The predicted molar refractivity (Wildman–Crippen MR) is 105 cm³/mol. The van der Waals surface area contributed by atoms with Gasteiger partial charge in [0.25, 0.3) is 0 Å². The molecule has 0 radical (unpaired) electrons. The molecule has 0 spiro atoms. The van der Waals surface area contributed by atoms with E-state index < -0.39 is 35.9 Å². The van der Waals surface area contributed by atoms with Crippen LogP contribution in [0.1, 0.15) is 35.7 Å². The van der Waals surface area contributed by atoms with Crippen molar-refractivity contribution in [1.82, 2.24) is 5.32 Å². The van der Waals surface area contributed by atoms with E-state index >= 15 is 0 Å². The summed E-state index contributed by atoms with van der Waals surface area (Å²) in [7, 11) is 0. The van der Waals surface area contributed by atoms with Gasteiger partial charge in [-0.2, -0.15) is 0 Å². The number of hydrogen-bond acceptors (Lipinski definition) is 7. The normalized spacial score (nSPS) is 13.7. The maximum absolute atomic E-state index is 12.2. The zero-order valence-corrected chi connectivity index (χ0v) is 16.4. The number of carboxylic acids is 1. The molecule has 160 valence electrons. The summed E-state index contributed by atoms with van der Waals surface area (Å²) in [5, 5.41) is 28.1. The number of carbonyl (C=O) groups is 3. The summed E-state index contributed by atoms with van der Waals surface area (Å²) >= 11 is 0. The van der Waals surface area contributed by atoms with Gasteiger partial charge in [0.2, 0.25) is 11.7 Å². The number of esters is 1. The topological polar surface area (TPSA) is 176 Å². The molecule has 0 saturated carbocycles. The number of aliphatic carboxylic acids is 1. The number of carboxylic acid groups (broad SMARTS) is 1. The summed E-state index contributed by atoms with van der Waals surface area (Å²) in [6.07, 6.45) is -1.15. The standard InChI is InChI=1S/C20H23N3O7/c1-10(18(25)23-16(11(2)24)19(26)27)9-14-7-8-15(29-14)20(28)30-13-5-3-12(4-6-13)17(21)22/h3-8,10-11,16,24H,9H2,1-2H3,(H3,21,22)(H,23,25)(H,26,27)/t10-,11?,16+/m1/s1. The molecule has 0 aliphatic heterocycles. The van der Waals surface area contributed by atoms with Gasteiger partial charge in [0.05, 0.1) is 6.10 Å². The molecule has 0 aliphatic carbocycles. The number of rotatable bonds is 9. The van der Waals surface area contributed by atoms with Gasteiger partial charge in [0.1, 0.15) is 17.3 Å². The minimum atomic E-state index is -1.42. The maximum atomic E-state index is 12.2. The first kappa shape index (κ1) is 22.6. The lowest BCUT2D eigenvalue weighted by molar-refractivity contribution is -0.145. The molecule has 1 aromatic heterocycles. The number of nitrogen functional groups attached to an aromatic ring is 1. The molecule has 0 fully saturated rings. The average molecular weight is 417 g/mol. The molecule has 10 heteroatoms. The van der Waals surface area contributed by atoms with E-state index in [0.717, 1.165) is 0 Å². The van der Waals surface area contributed by atoms with E-state index in [-0.39, 0.29) is 23.8 Å². The fraction of sp³-hybridized carbons (Fsp3) is 0.300. The Bertz CT molecular complexity index is 934. The largest absolute Gasteiger partial charge is 0.480 e. The summed E-state index contributed by atoms with van der Waals surface area (Å²) < 4.78 is 10.6. The number of amides is 1. The molecule has 0 saturated heterocycles. The van der Waals surface area contributed by atoms with Crippen molar-refractivity contribution in [2.24, 2.45) is 11.7 Å². The number of nitrogens with two attached hydrogens (primary N) is 1. The van der Waals surface area contributed by atoms with E-state index in [0.29, 0.717) is 11.3 Å². The van der Waals surface area contributed by atoms with Gasteiger partial charge in [0.15, 0.2) is 6.04 Å². The number of carbonyl (C=O) groups excluding carboxylic acids is 2. The Labute approximate surface area is 172 Å². The SMILES string of the molecule is CC(O)[C@H](NC(=O)[C@H](C)Cc1ccc(C(=O)Oc2ccc(C(=N)N)cc2)o1)C(=O)O. The first-order valence-corrected chi connectivity index (χ1v) is 9.05. The second kappa shape index (κ2) is 9.70. The van der Waals surface area contributed by atoms with Crippen LogP contribution < -0.4 is 15.8 Å². The van der Waals surface area contributed by atoms with E-state index in [1.54, 1.807) is 6.92 Å². The highest BCUT2D eigenvalue weighted by Crippen LogP contribution is 2.17. The Morgan fingerprint density at radius 2 is 1.80 bits per heavy atom. The number of benzene rings is 1. The maximum Gasteiger partial charge on any atom is 0.379 e. The second-order valence-corrected chi connectivity index (χ2v) is 6.76. The van der Waals surface area contributed by atoms with Gasteiger partial charge in [0, 0.05) is 17.9 Å². The quantitative estimate of drug-likeness (QED) is 0.173. The summed E-state index contributed by atoms with van der Waals surface area (Å²) in [4.78, 5) is 35.5. The lowest BCUT2D eigenvalue weighted by Gasteiger charge is -2.19. The third-order valence-electron chi connectivity index (χ3n) is 4.24. The first-order valence-electron chi connectivity index (χ1n) is 9.05. The lowest BCUT2D eigenvalue weighted by atomic mass is 10.0. The van der Waals surface area contributed by atoms with Gasteiger partial charge in [-0.25, -0.2) is 9.59 Å². The van der Waals surface area contributed by atoms with Crippen molar-refractivity contribution in [3.8, 4) is 5.75 Å². The van der Waals surface area contributed by atoms with Crippen LogP contribution in [0.25, 0.3) is 0 Å². The van der Waals surface area contributed by atoms with E-state index in [1.165, 1.54) is 43.3 Å². The van der Waals surface area contributed by atoms with Crippen LogP contribution in [0, 0.1) is 11.3 Å². The number of aliphatic hydroxyl groups excluding tert-OH is 1. The Balaban J connectivity index is 1.96. The monoisotopic (exact) mass is 417 g/mol. The van der Waals surface area contributed by atoms with Crippen LogP contribution in [-0.4, -0.2) is 46.0 Å². The van der Waals surface area contributed by atoms with Crippen LogP contribution in [0.4, 0.5) is 0 Å². The summed E-state index contributed by atoms with van der Waals surface area (Å²) in [6, 6.07) is 7.56. The van der Waals surface area contributed by atoms with Crippen molar-refractivity contribution in [3.63, 3.8) is 0 Å². The molecule has 3 atom stereocenters. The molecule has 6 N–H and O–H groups in total. The Kier molecular flexibility index (Phi) is 7.32. The Hall–Kier alpha value is -3.66. The van der Waals surface area contributed by atoms with Crippen LogP contribution in [-0.2, 0) is 16.0 Å². The zero-order valence-electron chi connectivity index (χ0n) is 16.4. The smallest absolute Gasteiger partial charge is 0.379 e. The van der Waals surface area contributed by atoms with E-state index in [9.17, 15) is 19.5 Å². The number of hydrogen-bond donors (Lipinski definition) is 5. The summed E-state index contributed by atoms with van der Waals surface area (Å²) in [6.45, 7) is 2.83.